The molecule has 0 amide bonds. The van der Waals surface area contributed by atoms with Crippen LogP contribution in [-0.4, -0.2) is 11.7 Å². The van der Waals surface area contributed by atoms with Gasteiger partial charge in [-0.3, -0.25) is 0 Å². The van der Waals surface area contributed by atoms with Gasteiger partial charge in [-0.05, 0) is 37.3 Å². The van der Waals surface area contributed by atoms with E-state index < -0.39 is 6.10 Å². The van der Waals surface area contributed by atoms with Crippen LogP contribution in [0, 0.1) is 11.8 Å². The number of rotatable bonds is 3. The second kappa shape index (κ2) is 7.14. The van der Waals surface area contributed by atoms with E-state index >= 15 is 0 Å². The fourth-order valence-corrected chi connectivity index (χ4v) is 2.13. The lowest BCUT2D eigenvalue weighted by Crippen LogP contribution is -2.00. The van der Waals surface area contributed by atoms with E-state index in [4.69, 9.17) is 4.74 Å². The molecule has 0 fully saturated rings. The lowest BCUT2D eigenvalue weighted by molar-refractivity contribution is 0.193. The molecule has 0 unspecified atom stereocenters. The van der Waals surface area contributed by atoms with E-state index in [2.05, 4.69) is 27.8 Å². The summed E-state index contributed by atoms with van der Waals surface area (Å²) < 4.78 is 6.53. The monoisotopic (exact) mass is 330 g/mol. The van der Waals surface area contributed by atoms with Crippen molar-refractivity contribution in [3.8, 4) is 17.6 Å². The van der Waals surface area contributed by atoms with Gasteiger partial charge in [-0.2, -0.15) is 0 Å². The number of halogens is 1. The summed E-state index contributed by atoms with van der Waals surface area (Å²) in [5.41, 5.74) is 1.71. The van der Waals surface area contributed by atoms with Crippen LogP contribution >= 0.6 is 15.9 Å². The van der Waals surface area contributed by atoms with E-state index in [1.165, 1.54) is 0 Å². The van der Waals surface area contributed by atoms with Crippen molar-refractivity contribution in [2.75, 3.05) is 6.61 Å². The van der Waals surface area contributed by atoms with Crippen molar-refractivity contribution in [2.45, 2.75) is 13.0 Å². The van der Waals surface area contributed by atoms with Gasteiger partial charge in [-0.25, -0.2) is 0 Å². The minimum atomic E-state index is -0.579. The molecular formula is C17H15BrO2. The van der Waals surface area contributed by atoms with E-state index in [1.54, 1.807) is 6.92 Å². The Morgan fingerprint density at radius 3 is 2.65 bits per heavy atom. The molecule has 1 N–H and O–H groups in total. The zero-order chi connectivity index (χ0) is 14.4. The van der Waals surface area contributed by atoms with Gasteiger partial charge in [0.1, 0.15) is 12.4 Å². The average molecular weight is 331 g/mol. The number of aliphatic hydroxyl groups is 1. The topological polar surface area (TPSA) is 29.5 Å². The van der Waals surface area contributed by atoms with Crippen molar-refractivity contribution < 1.29 is 9.84 Å². The summed E-state index contributed by atoms with van der Waals surface area (Å²) in [5.74, 6) is 6.65. The van der Waals surface area contributed by atoms with E-state index in [9.17, 15) is 5.11 Å². The van der Waals surface area contributed by atoms with Crippen molar-refractivity contribution >= 4 is 15.9 Å². The Kier molecular flexibility index (Phi) is 5.23. The Morgan fingerprint density at radius 1 is 1.20 bits per heavy atom. The summed E-state index contributed by atoms with van der Waals surface area (Å²) in [5, 5.41) is 9.73. The predicted molar refractivity (Wildman–Crippen MR) is 83.6 cm³/mol. The van der Waals surface area contributed by atoms with Crippen LogP contribution < -0.4 is 4.74 Å². The second-order valence-electron chi connectivity index (χ2n) is 4.31. The van der Waals surface area contributed by atoms with Crippen molar-refractivity contribution in [3.63, 3.8) is 0 Å². The molecule has 0 aliphatic carbocycles. The van der Waals surface area contributed by atoms with Crippen LogP contribution in [0.25, 0.3) is 0 Å². The molecule has 0 radical (unpaired) electrons. The first kappa shape index (κ1) is 14.6. The minimum absolute atomic E-state index is 0.288. The van der Waals surface area contributed by atoms with Crippen LogP contribution in [0.4, 0.5) is 0 Å². The number of aliphatic hydroxyl groups excluding tert-OH is 1. The average Bonchev–Trinajstić information content (AvgIpc) is 2.45. The van der Waals surface area contributed by atoms with Crippen molar-refractivity contribution in [2.24, 2.45) is 0 Å². The Hall–Kier alpha value is -1.76. The maximum absolute atomic E-state index is 9.73. The van der Waals surface area contributed by atoms with Gasteiger partial charge in [0, 0.05) is 15.6 Å². The van der Waals surface area contributed by atoms with Gasteiger partial charge in [0.2, 0.25) is 0 Å². The quantitative estimate of drug-likeness (QED) is 0.864. The maximum atomic E-state index is 9.73. The molecule has 0 saturated heterocycles. The molecule has 2 aromatic carbocycles. The van der Waals surface area contributed by atoms with Crippen LogP contribution in [0.3, 0.4) is 0 Å². The lowest BCUT2D eigenvalue weighted by atomic mass is 10.1. The largest absolute Gasteiger partial charge is 0.481 e. The summed E-state index contributed by atoms with van der Waals surface area (Å²) >= 11 is 3.38. The first-order valence-corrected chi connectivity index (χ1v) is 7.10. The van der Waals surface area contributed by atoms with Crippen molar-refractivity contribution in [1.29, 1.82) is 0 Å². The molecule has 2 rings (SSSR count). The van der Waals surface area contributed by atoms with Crippen LogP contribution in [0.5, 0.6) is 5.75 Å². The SMILES string of the molecule is C[C@@H](O)c1cc(Br)ccc1OCC#Cc1ccccc1. The van der Waals surface area contributed by atoms with Gasteiger partial charge < -0.3 is 9.84 Å². The highest BCUT2D eigenvalue weighted by Crippen LogP contribution is 2.28. The number of hydrogen-bond donors (Lipinski definition) is 1. The summed E-state index contributed by atoms with van der Waals surface area (Å²) in [4.78, 5) is 0. The maximum Gasteiger partial charge on any atom is 0.149 e. The smallest absolute Gasteiger partial charge is 0.149 e. The molecular weight excluding hydrogens is 316 g/mol. The highest BCUT2D eigenvalue weighted by atomic mass is 79.9. The number of ether oxygens (including phenoxy) is 1. The minimum Gasteiger partial charge on any atom is -0.481 e. The van der Waals surface area contributed by atoms with Gasteiger partial charge in [-0.15, -0.1) is 0 Å². The lowest BCUT2D eigenvalue weighted by Gasteiger charge is -2.12. The Morgan fingerprint density at radius 2 is 1.95 bits per heavy atom. The molecule has 2 nitrogen and oxygen atoms in total. The van der Waals surface area contributed by atoms with E-state index in [0.717, 1.165) is 15.6 Å². The highest BCUT2D eigenvalue weighted by molar-refractivity contribution is 9.10. The predicted octanol–water partition coefficient (Wildman–Crippen LogP) is 3.93. The summed E-state index contributed by atoms with van der Waals surface area (Å²) in [6.07, 6.45) is -0.579. The van der Waals surface area contributed by atoms with Crippen LogP contribution in [0.1, 0.15) is 24.2 Å². The summed E-state index contributed by atoms with van der Waals surface area (Å²) in [6.45, 7) is 2.00. The standard InChI is InChI=1S/C17H15BrO2/c1-13(19)16-12-15(18)9-10-17(16)20-11-5-8-14-6-3-2-4-7-14/h2-4,6-7,9-10,12-13,19H,11H2,1H3/t13-/m1/s1. The fourth-order valence-electron chi connectivity index (χ4n) is 1.75. The van der Waals surface area contributed by atoms with Crippen LogP contribution in [0.15, 0.2) is 53.0 Å². The Bertz CT molecular complexity index is 624. The van der Waals surface area contributed by atoms with Crippen LogP contribution in [-0.2, 0) is 0 Å². The first-order valence-electron chi connectivity index (χ1n) is 6.31. The number of hydrogen-bond acceptors (Lipinski definition) is 2. The molecule has 1 atom stereocenters. The molecule has 0 aromatic heterocycles. The van der Waals surface area contributed by atoms with Gasteiger partial charge >= 0.3 is 0 Å². The van der Waals surface area contributed by atoms with E-state index in [1.807, 2.05) is 48.5 Å². The highest BCUT2D eigenvalue weighted by Gasteiger charge is 2.09. The van der Waals surface area contributed by atoms with Crippen molar-refractivity contribution in [3.05, 3.63) is 64.1 Å². The normalized spacial score (nSPS) is 11.3. The molecule has 102 valence electrons. The number of benzene rings is 2. The summed E-state index contributed by atoms with van der Waals surface area (Å²) in [7, 11) is 0. The second-order valence-corrected chi connectivity index (χ2v) is 5.23. The molecule has 20 heavy (non-hydrogen) atoms. The van der Waals surface area contributed by atoms with E-state index in [0.29, 0.717) is 5.75 Å². The molecule has 2 aromatic rings. The molecule has 0 spiro atoms. The van der Waals surface area contributed by atoms with Gasteiger partial charge in [0.25, 0.3) is 0 Å². The van der Waals surface area contributed by atoms with Gasteiger partial charge in [0.15, 0.2) is 0 Å². The molecule has 0 bridgehead atoms. The molecule has 0 aliphatic heterocycles. The summed E-state index contributed by atoms with van der Waals surface area (Å²) in [6, 6.07) is 15.3. The fraction of sp³-hybridized carbons (Fsp3) is 0.176. The Labute approximate surface area is 127 Å². The van der Waals surface area contributed by atoms with Gasteiger partial charge in [0.05, 0.1) is 6.10 Å². The molecule has 0 aliphatic rings. The third-order valence-electron chi connectivity index (χ3n) is 2.73. The zero-order valence-corrected chi connectivity index (χ0v) is 12.7. The van der Waals surface area contributed by atoms with E-state index in [-0.39, 0.29) is 6.61 Å². The van der Waals surface area contributed by atoms with Crippen LogP contribution in [0.2, 0.25) is 0 Å². The zero-order valence-electron chi connectivity index (χ0n) is 11.1. The first-order chi connectivity index (χ1) is 9.66. The molecule has 3 heteroatoms. The molecule has 0 heterocycles. The van der Waals surface area contributed by atoms with Gasteiger partial charge in [-0.1, -0.05) is 46.0 Å². The van der Waals surface area contributed by atoms with Crippen molar-refractivity contribution in [1.82, 2.24) is 0 Å². The molecule has 0 saturated carbocycles. The third kappa shape index (κ3) is 4.12. The third-order valence-corrected chi connectivity index (χ3v) is 3.22. The Balaban J connectivity index is 2.03.